The smallest absolute Gasteiger partial charge is 0.413 e. The summed E-state index contributed by atoms with van der Waals surface area (Å²) in [4.78, 5) is 17.5. The quantitative estimate of drug-likeness (QED) is 0.806. The highest BCUT2D eigenvalue weighted by Gasteiger charge is 2.33. The molecule has 0 spiro atoms. The minimum absolute atomic E-state index is 0.0154. The van der Waals surface area contributed by atoms with Crippen LogP contribution in [0.1, 0.15) is 44.2 Å². The first-order valence-corrected chi connectivity index (χ1v) is 8.18. The van der Waals surface area contributed by atoms with Gasteiger partial charge in [0, 0.05) is 12.1 Å². The van der Waals surface area contributed by atoms with Gasteiger partial charge in [-0.05, 0) is 18.6 Å². The van der Waals surface area contributed by atoms with Gasteiger partial charge >= 0.3 is 6.09 Å². The molecular formula is C17H23F2N3O2. The van der Waals surface area contributed by atoms with Crippen LogP contribution in [0, 0.1) is 11.6 Å². The number of alkyl carbamates (subject to hydrolysis) is 1. The molecule has 1 aliphatic rings. The lowest BCUT2D eigenvalue weighted by molar-refractivity contribution is 0.175. The molecule has 0 bridgehead atoms. The molecule has 0 aliphatic carbocycles. The Bertz CT molecular complexity index is 587. The standard InChI is InChI=1S/C17H23F2N3O2/c1-3-4-5-6-10-22-14(11-20-16(22)21-17(23)24-2)15-12(18)8-7-9-13(15)19/h7-9,14H,3-6,10-11H2,1-2H3,(H,20,21,23). The lowest BCUT2D eigenvalue weighted by atomic mass is 10.0. The maximum absolute atomic E-state index is 14.1. The first-order chi connectivity index (χ1) is 11.6. The molecule has 24 heavy (non-hydrogen) atoms. The molecule has 0 saturated carbocycles. The fourth-order valence-corrected chi connectivity index (χ4v) is 2.81. The molecule has 0 saturated heterocycles. The van der Waals surface area contributed by atoms with Gasteiger partial charge in [-0.1, -0.05) is 32.3 Å². The van der Waals surface area contributed by atoms with Crippen molar-refractivity contribution >= 4 is 12.1 Å². The zero-order chi connectivity index (χ0) is 17.5. The summed E-state index contributed by atoms with van der Waals surface area (Å²) in [5.41, 5.74) is -0.0154. The summed E-state index contributed by atoms with van der Waals surface area (Å²) in [7, 11) is 1.25. The van der Waals surface area contributed by atoms with Crippen LogP contribution in [0.15, 0.2) is 23.2 Å². The highest BCUT2D eigenvalue weighted by molar-refractivity contribution is 5.95. The Morgan fingerprint density at radius 2 is 2.04 bits per heavy atom. The van der Waals surface area contributed by atoms with Crippen LogP contribution < -0.4 is 5.32 Å². The number of carbonyl (C=O) groups excluding carboxylic acids is 1. The van der Waals surface area contributed by atoms with Crippen molar-refractivity contribution in [2.24, 2.45) is 4.99 Å². The van der Waals surface area contributed by atoms with Crippen molar-refractivity contribution in [3.05, 3.63) is 35.4 Å². The van der Waals surface area contributed by atoms with Gasteiger partial charge in [0.2, 0.25) is 5.96 Å². The maximum Gasteiger partial charge on any atom is 0.413 e. The third kappa shape index (κ3) is 4.21. The van der Waals surface area contributed by atoms with E-state index in [2.05, 4.69) is 22.0 Å². The number of methoxy groups -OCH3 is 1. The number of unbranched alkanes of at least 4 members (excludes halogenated alkanes) is 3. The Kier molecular flexibility index (Phi) is 6.52. The topological polar surface area (TPSA) is 53.9 Å². The number of benzene rings is 1. The van der Waals surface area contributed by atoms with E-state index < -0.39 is 23.8 Å². The van der Waals surface area contributed by atoms with Crippen molar-refractivity contribution in [3.8, 4) is 0 Å². The summed E-state index contributed by atoms with van der Waals surface area (Å²) in [6.07, 6.45) is 3.38. The number of rotatable bonds is 6. The van der Waals surface area contributed by atoms with E-state index in [1.54, 1.807) is 4.90 Å². The molecule has 0 fully saturated rings. The average Bonchev–Trinajstić information content (AvgIpc) is 2.94. The van der Waals surface area contributed by atoms with Crippen molar-refractivity contribution in [1.82, 2.24) is 10.2 Å². The molecule has 1 aliphatic heterocycles. The van der Waals surface area contributed by atoms with Gasteiger partial charge in [-0.2, -0.15) is 0 Å². The Morgan fingerprint density at radius 1 is 1.33 bits per heavy atom. The Hall–Kier alpha value is -2.18. The third-order valence-electron chi connectivity index (χ3n) is 4.05. The molecule has 1 aromatic carbocycles. The van der Waals surface area contributed by atoms with Crippen molar-refractivity contribution in [2.75, 3.05) is 20.2 Å². The summed E-state index contributed by atoms with van der Waals surface area (Å²) in [6, 6.07) is 3.24. The van der Waals surface area contributed by atoms with Crippen LogP contribution in [0.2, 0.25) is 0 Å². The van der Waals surface area contributed by atoms with Crippen LogP contribution in [0.25, 0.3) is 0 Å². The molecular weight excluding hydrogens is 316 g/mol. The molecule has 1 amide bonds. The second kappa shape index (κ2) is 8.61. The first kappa shape index (κ1) is 18.2. The van der Waals surface area contributed by atoms with Gasteiger partial charge in [0.25, 0.3) is 0 Å². The predicted molar refractivity (Wildman–Crippen MR) is 87.8 cm³/mol. The lowest BCUT2D eigenvalue weighted by Crippen LogP contribution is -2.43. The van der Waals surface area contributed by atoms with E-state index in [0.717, 1.165) is 25.7 Å². The Labute approximate surface area is 140 Å². The van der Waals surface area contributed by atoms with Gasteiger partial charge in [0.1, 0.15) is 11.6 Å². The van der Waals surface area contributed by atoms with Crippen molar-refractivity contribution < 1.29 is 18.3 Å². The first-order valence-electron chi connectivity index (χ1n) is 8.18. The van der Waals surface area contributed by atoms with Crippen LogP contribution in [-0.2, 0) is 4.74 Å². The van der Waals surface area contributed by atoms with E-state index in [1.165, 1.54) is 25.3 Å². The monoisotopic (exact) mass is 339 g/mol. The number of carbonyl (C=O) groups is 1. The predicted octanol–water partition coefficient (Wildman–Crippen LogP) is 3.61. The Morgan fingerprint density at radius 3 is 2.67 bits per heavy atom. The molecule has 0 radical (unpaired) electrons. The zero-order valence-corrected chi connectivity index (χ0v) is 14.0. The molecule has 1 aromatic rings. The minimum Gasteiger partial charge on any atom is -0.453 e. The third-order valence-corrected chi connectivity index (χ3v) is 4.05. The van der Waals surface area contributed by atoms with Gasteiger partial charge < -0.3 is 9.64 Å². The molecule has 1 unspecified atom stereocenters. The van der Waals surface area contributed by atoms with Crippen LogP contribution >= 0.6 is 0 Å². The van der Waals surface area contributed by atoms with Gasteiger partial charge in [0.05, 0.1) is 19.7 Å². The fraction of sp³-hybridized carbons (Fsp3) is 0.529. The van der Waals surface area contributed by atoms with Crippen LogP contribution in [0.5, 0.6) is 0 Å². The molecule has 7 heteroatoms. The summed E-state index contributed by atoms with van der Waals surface area (Å²) in [5, 5.41) is 2.53. The number of hydrogen-bond acceptors (Lipinski definition) is 4. The van der Waals surface area contributed by atoms with Crippen LogP contribution in [-0.4, -0.2) is 37.2 Å². The van der Waals surface area contributed by atoms with Crippen LogP contribution in [0.3, 0.4) is 0 Å². The number of nitrogens with zero attached hydrogens (tertiary/aromatic N) is 2. The van der Waals surface area contributed by atoms with E-state index in [0.29, 0.717) is 12.5 Å². The number of aliphatic imine (C=N–C) groups is 1. The largest absolute Gasteiger partial charge is 0.453 e. The van der Waals surface area contributed by atoms with Crippen molar-refractivity contribution in [2.45, 2.75) is 38.6 Å². The SMILES string of the molecule is CCCCCCN1C(NC(=O)OC)=NCC1c1c(F)cccc1F. The second-order valence-corrected chi connectivity index (χ2v) is 5.69. The number of nitrogens with one attached hydrogen (secondary N) is 1. The van der Waals surface area contributed by atoms with Gasteiger partial charge in [0.15, 0.2) is 0 Å². The van der Waals surface area contributed by atoms with Gasteiger partial charge in [-0.25, -0.2) is 13.6 Å². The minimum atomic E-state index is -0.651. The van der Waals surface area contributed by atoms with Crippen LogP contribution in [0.4, 0.5) is 13.6 Å². The molecule has 5 nitrogen and oxygen atoms in total. The number of guanidine groups is 1. The lowest BCUT2D eigenvalue weighted by Gasteiger charge is -2.28. The highest BCUT2D eigenvalue weighted by Crippen LogP contribution is 2.30. The number of hydrogen-bond donors (Lipinski definition) is 1. The van der Waals surface area contributed by atoms with E-state index in [4.69, 9.17) is 0 Å². The number of ether oxygens (including phenoxy) is 1. The van der Waals surface area contributed by atoms with E-state index in [1.807, 2.05) is 0 Å². The average molecular weight is 339 g/mol. The summed E-state index contributed by atoms with van der Waals surface area (Å²) < 4.78 is 32.9. The molecule has 1 N–H and O–H groups in total. The Balaban J connectivity index is 2.19. The fourth-order valence-electron chi connectivity index (χ4n) is 2.81. The molecule has 1 heterocycles. The summed E-state index contributed by atoms with van der Waals surface area (Å²) in [5.74, 6) is -0.910. The van der Waals surface area contributed by atoms with Gasteiger partial charge in [-0.3, -0.25) is 10.3 Å². The molecule has 1 atom stereocenters. The summed E-state index contributed by atoms with van der Waals surface area (Å²) >= 11 is 0. The number of halogens is 2. The summed E-state index contributed by atoms with van der Waals surface area (Å²) in [6.45, 7) is 2.85. The van der Waals surface area contributed by atoms with Crippen molar-refractivity contribution in [1.29, 1.82) is 0 Å². The van der Waals surface area contributed by atoms with E-state index in [9.17, 15) is 13.6 Å². The molecule has 2 rings (SSSR count). The van der Waals surface area contributed by atoms with E-state index >= 15 is 0 Å². The zero-order valence-electron chi connectivity index (χ0n) is 14.0. The molecule has 0 aromatic heterocycles. The highest BCUT2D eigenvalue weighted by atomic mass is 19.1. The molecule has 132 valence electrons. The van der Waals surface area contributed by atoms with Gasteiger partial charge in [-0.15, -0.1) is 0 Å². The van der Waals surface area contributed by atoms with E-state index in [-0.39, 0.29) is 12.1 Å². The number of amides is 1. The maximum atomic E-state index is 14.1. The second-order valence-electron chi connectivity index (χ2n) is 5.69. The van der Waals surface area contributed by atoms with Crippen molar-refractivity contribution in [3.63, 3.8) is 0 Å². The normalized spacial score (nSPS) is 16.9.